The molecular weight excluding hydrogens is 445 g/mol. The lowest BCUT2D eigenvalue weighted by Crippen LogP contribution is -2.40. The van der Waals surface area contributed by atoms with Crippen LogP contribution in [0.5, 0.6) is 0 Å². The third kappa shape index (κ3) is 5.28. The highest BCUT2D eigenvalue weighted by Crippen LogP contribution is 2.30. The van der Waals surface area contributed by atoms with Gasteiger partial charge in [-0.25, -0.2) is 0 Å². The summed E-state index contributed by atoms with van der Waals surface area (Å²) in [6.07, 6.45) is -2.92. The van der Waals surface area contributed by atoms with Gasteiger partial charge >= 0.3 is 6.18 Å². The van der Waals surface area contributed by atoms with E-state index in [1.54, 1.807) is 12.1 Å². The van der Waals surface area contributed by atoms with Crippen LogP contribution in [0.15, 0.2) is 53.1 Å². The highest BCUT2D eigenvalue weighted by Gasteiger charge is 2.30. The number of nitrogens with one attached hydrogen (secondary N) is 1. The van der Waals surface area contributed by atoms with Crippen LogP contribution in [0.1, 0.15) is 24.3 Å². The van der Waals surface area contributed by atoms with Crippen LogP contribution in [0.25, 0.3) is 11.4 Å². The van der Waals surface area contributed by atoms with Gasteiger partial charge in [0, 0.05) is 17.8 Å². The molecule has 1 aromatic heterocycles. The third-order valence-corrected chi connectivity index (χ3v) is 5.63. The number of carbonyl (C=O) groups excluding carboxylic acids is 1. The van der Waals surface area contributed by atoms with E-state index in [0.717, 1.165) is 25.1 Å². The monoisotopic (exact) mass is 464 g/mol. The van der Waals surface area contributed by atoms with Gasteiger partial charge in [-0.1, -0.05) is 28.9 Å². The van der Waals surface area contributed by atoms with E-state index >= 15 is 0 Å². The number of likely N-dealkylation sites (tertiary alicyclic amines) is 1. The van der Waals surface area contributed by atoms with E-state index in [-0.39, 0.29) is 11.8 Å². The van der Waals surface area contributed by atoms with Crippen LogP contribution in [0.3, 0.4) is 0 Å². The van der Waals surface area contributed by atoms with E-state index in [9.17, 15) is 18.0 Å². The normalized spacial score (nSPS) is 17.3. The van der Waals surface area contributed by atoms with Gasteiger partial charge in [0.25, 0.3) is 0 Å². The highest BCUT2D eigenvalue weighted by atomic mass is 35.5. The zero-order valence-electron chi connectivity index (χ0n) is 16.9. The smallest absolute Gasteiger partial charge is 0.338 e. The van der Waals surface area contributed by atoms with Crippen molar-refractivity contribution in [3.63, 3.8) is 0 Å². The summed E-state index contributed by atoms with van der Waals surface area (Å²) >= 11 is 6.18. The Bertz CT molecular complexity index is 1090. The zero-order valence-corrected chi connectivity index (χ0v) is 17.7. The number of benzene rings is 2. The van der Waals surface area contributed by atoms with Gasteiger partial charge in [0.15, 0.2) is 0 Å². The minimum absolute atomic E-state index is 0.225. The number of halogens is 4. The molecule has 0 bridgehead atoms. The second-order valence-electron chi connectivity index (χ2n) is 7.63. The van der Waals surface area contributed by atoms with E-state index < -0.39 is 11.7 Å². The second kappa shape index (κ2) is 9.30. The Kier molecular flexibility index (Phi) is 6.48. The highest BCUT2D eigenvalue weighted by molar-refractivity contribution is 6.33. The molecule has 32 heavy (non-hydrogen) atoms. The van der Waals surface area contributed by atoms with Gasteiger partial charge in [0.1, 0.15) is 0 Å². The maximum atomic E-state index is 12.7. The van der Waals surface area contributed by atoms with Crippen molar-refractivity contribution in [2.75, 3.05) is 18.4 Å². The number of anilines is 1. The molecule has 1 aliphatic rings. The Morgan fingerprint density at radius 2 is 1.94 bits per heavy atom. The molecule has 6 nitrogen and oxygen atoms in total. The molecule has 2 aromatic carbocycles. The number of rotatable bonds is 5. The third-order valence-electron chi connectivity index (χ3n) is 5.30. The zero-order chi connectivity index (χ0) is 22.7. The predicted octanol–water partition coefficient (Wildman–Crippen LogP) is 5.26. The molecule has 1 fully saturated rings. The number of aromatic nitrogens is 2. The Labute approximate surface area is 187 Å². The Morgan fingerprint density at radius 3 is 2.66 bits per heavy atom. The number of alkyl halides is 3. The molecule has 1 N–H and O–H groups in total. The first-order valence-corrected chi connectivity index (χ1v) is 10.5. The van der Waals surface area contributed by atoms with E-state index in [0.29, 0.717) is 47.5 Å². The Balaban J connectivity index is 1.35. The van der Waals surface area contributed by atoms with E-state index in [1.165, 1.54) is 12.1 Å². The van der Waals surface area contributed by atoms with E-state index in [2.05, 4.69) is 15.5 Å². The topological polar surface area (TPSA) is 71.3 Å². The van der Waals surface area contributed by atoms with Gasteiger partial charge in [-0.15, -0.1) is 0 Å². The molecule has 2 heterocycles. The largest absolute Gasteiger partial charge is 0.416 e. The molecule has 0 aliphatic carbocycles. The number of hydrogen-bond acceptors (Lipinski definition) is 5. The average Bonchev–Trinajstić information content (AvgIpc) is 3.22. The molecule has 0 saturated carbocycles. The Hall–Kier alpha value is -2.91. The van der Waals surface area contributed by atoms with Crippen molar-refractivity contribution in [3.8, 4) is 11.4 Å². The van der Waals surface area contributed by atoms with E-state index in [1.807, 2.05) is 17.0 Å². The summed E-state index contributed by atoms with van der Waals surface area (Å²) in [6, 6.07) is 11.6. The van der Waals surface area contributed by atoms with Crippen molar-refractivity contribution in [2.45, 2.75) is 25.6 Å². The van der Waals surface area contributed by atoms with Crippen LogP contribution in [-0.4, -0.2) is 34.0 Å². The van der Waals surface area contributed by atoms with Gasteiger partial charge in [0.05, 0.1) is 23.0 Å². The molecule has 4 rings (SSSR count). The summed E-state index contributed by atoms with van der Waals surface area (Å²) in [5.74, 6) is 0.302. The van der Waals surface area contributed by atoms with Crippen LogP contribution in [0, 0.1) is 5.92 Å². The van der Waals surface area contributed by atoms with Crippen LogP contribution >= 0.6 is 11.6 Å². The number of nitrogens with zero attached hydrogens (tertiary/aromatic N) is 3. The van der Waals surface area contributed by atoms with Crippen LogP contribution in [0.2, 0.25) is 5.02 Å². The van der Waals surface area contributed by atoms with Crippen LogP contribution in [-0.2, 0) is 17.5 Å². The molecule has 1 amide bonds. The molecule has 1 aliphatic heterocycles. The maximum absolute atomic E-state index is 12.7. The lowest BCUT2D eigenvalue weighted by molar-refractivity contribution is -0.137. The number of piperidine rings is 1. The van der Waals surface area contributed by atoms with Crippen LogP contribution in [0.4, 0.5) is 18.9 Å². The van der Waals surface area contributed by atoms with Gasteiger partial charge in [-0.3, -0.25) is 9.69 Å². The molecule has 168 valence electrons. The lowest BCUT2D eigenvalue weighted by Gasteiger charge is -2.30. The summed E-state index contributed by atoms with van der Waals surface area (Å²) < 4.78 is 43.4. The summed E-state index contributed by atoms with van der Waals surface area (Å²) in [5, 5.41) is 7.22. The van der Waals surface area contributed by atoms with Crippen molar-refractivity contribution in [2.24, 2.45) is 5.92 Å². The van der Waals surface area contributed by atoms with Crippen molar-refractivity contribution in [3.05, 3.63) is 65.0 Å². The Morgan fingerprint density at radius 1 is 1.19 bits per heavy atom. The van der Waals surface area contributed by atoms with Crippen molar-refractivity contribution < 1.29 is 22.5 Å². The molecule has 1 unspecified atom stereocenters. The van der Waals surface area contributed by atoms with Crippen LogP contribution < -0.4 is 5.32 Å². The molecule has 1 saturated heterocycles. The van der Waals surface area contributed by atoms with Gasteiger partial charge in [-0.05, 0) is 55.8 Å². The fraction of sp³-hybridized carbons (Fsp3) is 0.318. The first-order valence-electron chi connectivity index (χ1n) is 10.1. The first-order chi connectivity index (χ1) is 15.3. The second-order valence-corrected chi connectivity index (χ2v) is 8.04. The fourth-order valence-corrected chi connectivity index (χ4v) is 3.88. The molecule has 0 radical (unpaired) electrons. The lowest BCUT2D eigenvalue weighted by atomic mass is 9.97. The predicted molar refractivity (Wildman–Crippen MR) is 113 cm³/mol. The SMILES string of the molecule is O=C(Nc1ccc(C(F)(F)F)cc1)C1CCCN(Cc2nc(-c3ccccc3Cl)no2)C1. The minimum atomic E-state index is -4.41. The standard InChI is InChI=1S/C22H20ClF3N4O2/c23-18-6-2-1-5-17(18)20-28-19(32-29-20)13-30-11-3-4-14(12-30)21(31)27-16-9-7-15(8-10-16)22(24,25)26/h1-2,5-10,14H,3-4,11-13H2,(H,27,31). The van der Waals surface area contributed by atoms with E-state index in [4.69, 9.17) is 16.1 Å². The van der Waals surface area contributed by atoms with Gasteiger partial charge < -0.3 is 9.84 Å². The molecule has 1 atom stereocenters. The van der Waals surface area contributed by atoms with Gasteiger partial charge in [0.2, 0.25) is 17.6 Å². The molecule has 0 spiro atoms. The molecular formula is C22H20ClF3N4O2. The van der Waals surface area contributed by atoms with Gasteiger partial charge in [-0.2, -0.15) is 18.2 Å². The molecule has 10 heteroatoms. The fourth-order valence-electron chi connectivity index (χ4n) is 3.66. The number of amides is 1. The molecule has 3 aromatic rings. The average molecular weight is 465 g/mol. The van der Waals surface area contributed by atoms with Crippen molar-refractivity contribution in [1.82, 2.24) is 15.0 Å². The number of carbonyl (C=O) groups is 1. The summed E-state index contributed by atoms with van der Waals surface area (Å²) in [4.78, 5) is 19.1. The first kappa shape index (κ1) is 22.3. The quantitative estimate of drug-likeness (QED) is 0.557. The number of hydrogen-bond donors (Lipinski definition) is 1. The maximum Gasteiger partial charge on any atom is 0.416 e. The summed E-state index contributed by atoms with van der Waals surface area (Å²) in [7, 11) is 0. The summed E-state index contributed by atoms with van der Waals surface area (Å²) in [5.41, 5.74) is 0.257. The minimum Gasteiger partial charge on any atom is -0.338 e. The summed E-state index contributed by atoms with van der Waals surface area (Å²) in [6.45, 7) is 1.64. The van der Waals surface area contributed by atoms with Crippen molar-refractivity contribution in [1.29, 1.82) is 0 Å². The van der Waals surface area contributed by atoms with Crippen molar-refractivity contribution >= 4 is 23.2 Å².